The van der Waals surface area contributed by atoms with Crippen molar-refractivity contribution >= 4 is 15.7 Å². The van der Waals surface area contributed by atoms with Crippen LogP contribution < -0.4 is 10.5 Å². The highest BCUT2D eigenvalue weighted by Crippen LogP contribution is 2.11. The molecule has 2 aromatic carbocycles. The minimum Gasteiger partial charge on any atom is -0.399 e. The monoisotopic (exact) mass is 290 g/mol. The largest absolute Gasteiger partial charge is 0.399 e. The molecule has 0 aliphatic carbocycles. The molecular formula is C15H18N2O2S. The molecule has 2 aromatic rings. The van der Waals surface area contributed by atoms with Crippen LogP contribution in [0.4, 0.5) is 5.69 Å². The van der Waals surface area contributed by atoms with E-state index in [-0.39, 0.29) is 10.9 Å². The van der Waals surface area contributed by atoms with Crippen molar-refractivity contribution in [3.05, 3.63) is 60.2 Å². The molecule has 2 rings (SSSR count). The number of benzene rings is 2. The Morgan fingerprint density at radius 3 is 2.25 bits per heavy atom. The van der Waals surface area contributed by atoms with Crippen LogP contribution in [0.25, 0.3) is 0 Å². The Kier molecular flexibility index (Phi) is 4.42. The molecule has 1 unspecified atom stereocenters. The van der Waals surface area contributed by atoms with Crippen LogP contribution in [0, 0.1) is 0 Å². The van der Waals surface area contributed by atoms with Crippen LogP contribution in [0.2, 0.25) is 0 Å². The van der Waals surface area contributed by atoms with E-state index >= 15 is 0 Å². The standard InChI is InChI=1S/C15H18N2O2S/c1-12(11-13-7-9-14(16)10-8-13)17-20(18,19)15-5-3-2-4-6-15/h2-10,12,17H,11,16H2,1H3. The van der Waals surface area contributed by atoms with Crippen molar-refractivity contribution in [1.29, 1.82) is 0 Å². The summed E-state index contributed by atoms with van der Waals surface area (Å²) in [6, 6.07) is 15.6. The predicted octanol–water partition coefficient (Wildman–Crippen LogP) is 2.18. The van der Waals surface area contributed by atoms with Crippen LogP contribution in [0.15, 0.2) is 59.5 Å². The Balaban J connectivity index is 2.04. The molecule has 3 N–H and O–H groups in total. The van der Waals surface area contributed by atoms with Crippen LogP contribution in [0.1, 0.15) is 12.5 Å². The van der Waals surface area contributed by atoms with Crippen molar-refractivity contribution in [2.75, 3.05) is 5.73 Å². The number of nitrogen functional groups attached to an aromatic ring is 1. The van der Waals surface area contributed by atoms with Gasteiger partial charge in [0, 0.05) is 11.7 Å². The first-order chi connectivity index (χ1) is 9.47. The van der Waals surface area contributed by atoms with E-state index in [9.17, 15) is 8.42 Å². The Morgan fingerprint density at radius 2 is 1.65 bits per heavy atom. The van der Waals surface area contributed by atoms with E-state index in [1.54, 1.807) is 30.3 Å². The van der Waals surface area contributed by atoms with Gasteiger partial charge in [0.05, 0.1) is 4.90 Å². The average molecular weight is 290 g/mol. The average Bonchev–Trinajstić information content (AvgIpc) is 2.42. The van der Waals surface area contributed by atoms with Gasteiger partial charge in [-0.3, -0.25) is 0 Å². The molecule has 5 heteroatoms. The van der Waals surface area contributed by atoms with E-state index in [0.29, 0.717) is 12.1 Å². The number of sulfonamides is 1. The maximum absolute atomic E-state index is 12.2. The SMILES string of the molecule is CC(Cc1ccc(N)cc1)NS(=O)(=O)c1ccccc1. The summed E-state index contributed by atoms with van der Waals surface area (Å²) in [5, 5.41) is 0. The lowest BCUT2D eigenvalue weighted by Crippen LogP contribution is -2.34. The third-order valence-electron chi connectivity index (χ3n) is 2.93. The lowest BCUT2D eigenvalue weighted by Gasteiger charge is -2.14. The minimum absolute atomic E-state index is 0.191. The second-order valence-corrected chi connectivity index (χ2v) is 6.50. The lowest BCUT2D eigenvalue weighted by atomic mass is 10.1. The van der Waals surface area contributed by atoms with Crippen molar-refractivity contribution in [2.45, 2.75) is 24.3 Å². The molecule has 0 fully saturated rings. The maximum atomic E-state index is 12.2. The summed E-state index contributed by atoms with van der Waals surface area (Å²) >= 11 is 0. The number of anilines is 1. The fourth-order valence-electron chi connectivity index (χ4n) is 1.98. The first kappa shape index (κ1) is 14.6. The van der Waals surface area contributed by atoms with Gasteiger partial charge in [0.25, 0.3) is 0 Å². The van der Waals surface area contributed by atoms with Gasteiger partial charge in [-0.25, -0.2) is 13.1 Å². The highest BCUT2D eigenvalue weighted by Gasteiger charge is 2.16. The number of hydrogen-bond donors (Lipinski definition) is 2. The van der Waals surface area contributed by atoms with E-state index in [1.165, 1.54) is 0 Å². The zero-order chi connectivity index (χ0) is 14.6. The van der Waals surface area contributed by atoms with Crippen molar-refractivity contribution in [1.82, 2.24) is 4.72 Å². The summed E-state index contributed by atoms with van der Waals surface area (Å²) < 4.78 is 27.0. The normalized spacial score (nSPS) is 13.1. The second kappa shape index (κ2) is 6.07. The molecule has 0 aliphatic heterocycles. The quantitative estimate of drug-likeness (QED) is 0.829. The number of rotatable bonds is 5. The Labute approximate surface area is 119 Å². The molecule has 0 bridgehead atoms. The fourth-order valence-corrected chi connectivity index (χ4v) is 3.25. The molecule has 0 saturated heterocycles. The Bertz CT molecular complexity index is 652. The van der Waals surface area contributed by atoms with Crippen LogP contribution in [0.5, 0.6) is 0 Å². The number of nitrogens with two attached hydrogens (primary N) is 1. The second-order valence-electron chi connectivity index (χ2n) is 4.78. The molecule has 106 valence electrons. The van der Waals surface area contributed by atoms with Gasteiger partial charge in [-0.1, -0.05) is 30.3 Å². The van der Waals surface area contributed by atoms with Crippen LogP contribution in [0.3, 0.4) is 0 Å². The van der Waals surface area contributed by atoms with Gasteiger partial charge < -0.3 is 5.73 Å². The molecule has 0 spiro atoms. The molecule has 0 saturated carbocycles. The molecule has 0 radical (unpaired) electrons. The van der Waals surface area contributed by atoms with Gasteiger partial charge in [-0.2, -0.15) is 0 Å². The number of nitrogens with one attached hydrogen (secondary N) is 1. The van der Waals surface area contributed by atoms with Gasteiger partial charge in [-0.15, -0.1) is 0 Å². The summed E-state index contributed by atoms with van der Waals surface area (Å²) in [5.41, 5.74) is 7.37. The van der Waals surface area contributed by atoms with E-state index in [0.717, 1.165) is 5.56 Å². The summed E-state index contributed by atoms with van der Waals surface area (Å²) in [4.78, 5) is 0.282. The predicted molar refractivity (Wildman–Crippen MR) is 80.8 cm³/mol. The summed E-state index contributed by atoms with van der Waals surface area (Å²) in [7, 11) is -3.46. The summed E-state index contributed by atoms with van der Waals surface area (Å²) in [6.45, 7) is 1.84. The van der Waals surface area contributed by atoms with Gasteiger partial charge >= 0.3 is 0 Å². The molecule has 0 amide bonds. The van der Waals surface area contributed by atoms with Crippen LogP contribution in [-0.2, 0) is 16.4 Å². The first-order valence-corrected chi connectivity index (χ1v) is 7.87. The van der Waals surface area contributed by atoms with Gasteiger partial charge in [0.1, 0.15) is 0 Å². The van der Waals surface area contributed by atoms with Gasteiger partial charge in [-0.05, 0) is 43.2 Å². The van der Waals surface area contributed by atoms with Crippen molar-refractivity contribution in [2.24, 2.45) is 0 Å². The molecular weight excluding hydrogens is 272 g/mol. The zero-order valence-electron chi connectivity index (χ0n) is 11.3. The van der Waals surface area contributed by atoms with Crippen LogP contribution >= 0.6 is 0 Å². The van der Waals surface area contributed by atoms with E-state index in [2.05, 4.69) is 4.72 Å². The highest BCUT2D eigenvalue weighted by molar-refractivity contribution is 7.89. The Hall–Kier alpha value is -1.85. The molecule has 20 heavy (non-hydrogen) atoms. The topological polar surface area (TPSA) is 72.2 Å². The smallest absolute Gasteiger partial charge is 0.240 e. The van der Waals surface area contributed by atoms with Gasteiger partial charge in [0.2, 0.25) is 10.0 Å². The molecule has 0 aliphatic rings. The Morgan fingerprint density at radius 1 is 1.05 bits per heavy atom. The molecule has 4 nitrogen and oxygen atoms in total. The van der Waals surface area contributed by atoms with Crippen molar-refractivity contribution in [3.63, 3.8) is 0 Å². The molecule has 0 heterocycles. The zero-order valence-corrected chi connectivity index (χ0v) is 12.1. The third-order valence-corrected chi connectivity index (χ3v) is 4.54. The van der Waals surface area contributed by atoms with E-state index < -0.39 is 10.0 Å². The van der Waals surface area contributed by atoms with E-state index in [1.807, 2.05) is 31.2 Å². The van der Waals surface area contributed by atoms with Crippen molar-refractivity contribution in [3.8, 4) is 0 Å². The molecule has 0 aromatic heterocycles. The fraction of sp³-hybridized carbons (Fsp3) is 0.200. The third kappa shape index (κ3) is 3.82. The lowest BCUT2D eigenvalue weighted by molar-refractivity contribution is 0.560. The highest BCUT2D eigenvalue weighted by atomic mass is 32.2. The number of hydrogen-bond acceptors (Lipinski definition) is 3. The summed E-state index contributed by atoms with van der Waals surface area (Å²) in [6.07, 6.45) is 0.617. The van der Waals surface area contributed by atoms with E-state index in [4.69, 9.17) is 5.73 Å². The van der Waals surface area contributed by atoms with Gasteiger partial charge in [0.15, 0.2) is 0 Å². The van der Waals surface area contributed by atoms with Crippen molar-refractivity contribution < 1.29 is 8.42 Å². The summed E-state index contributed by atoms with van der Waals surface area (Å²) in [5.74, 6) is 0. The molecule has 1 atom stereocenters. The van der Waals surface area contributed by atoms with Crippen LogP contribution in [-0.4, -0.2) is 14.5 Å². The maximum Gasteiger partial charge on any atom is 0.240 e. The first-order valence-electron chi connectivity index (χ1n) is 6.39. The minimum atomic E-state index is -3.46.